The van der Waals surface area contributed by atoms with E-state index in [4.69, 9.17) is 5.11 Å². The number of urea groups is 1. The minimum absolute atomic E-state index is 0.183. The van der Waals surface area contributed by atoms with E-state index in [-0.39, 0.29) is 12.8 Å². The number of amides is 2. The van der Waals surface area contributed by atoms with Gasteiger partial charge in [-0.2, -0.15) is 13.2 Å². The number of halogens is 3. The molecule has 110 valence electrons. The van der Waals surface area contributed by atoms with E-state index >= 15 is 0 Å². The number of carboxylic acid groups (broad SMARTS) is 1. The van der Waals surface area contributed by atoms with Crippen molar-refractivity contribution in [2.45, 2.75) is 51.4 Å². The molecule has 1 aliphatic rings. The molecule has 0 aromatic heterocycles. The normalized spacial score (nSPS) is 19.5. The second-order valence-corrected chi connectivity index (χ2v) is 5.82. The monoisotopic (exact) mass is 282 g/mol. The molecular formula is C11H17F3N2O3. The van der Waals surface area contributed by atoms with Crippen molar-refractivity contribution in [3.05, 3.63) is 0 Å². The quantitative estimate of drug-likeness (QED) is 0.739. The number of carbonyl (C=O) groups is 2. The van der Waals surface area contributed by atoms with Crippen LogP contribution in [0.25, 0.3) is 0 Å². The molecule has 19 heavy (non-hydrogen) atoms. The maximum Gasteiger partial charge on any atom is 0.411 e. The Morgan fingerprint density at radius 1 is 1.21 bits per heavy atom. The van der Waals surface area contributed by atoms with Gasteiger partial charge in [0.15, 0.2) is 0 Å². The summed E-state index contributed by atoms with van der Waals surface area (Å²) in [7, 11) is 0. The number of aliphatic carboxylic acids is 1. The van der Waals surface area contributed by atoms with Crippen molar-refractivity contribution < 1.29 is 27.9 Å². The van der Waals surface area contributed by atoms with Gasteiger partial charge < -0.3 is 15.7 Å². The van der Waals surface area contributed by atoms with Crippen LogP contribution in [0.15, 0.2) is 0 Å². The van der Waals surface area contributed by atoms with Crippen molar-refractivity contribution in [2.75, 3.05) is 0 Å². The Labute approximate surface area is 108 Å². The van der Waals surface area contributed by atoms with Gasteiger partial charge in [-0.3, -0.25) is 0 Å². The lowest BCUT2D eigenvalue weighted by molar-refractivity contribution is -0.162. The molecule has 0 aromatic carbocycles. The van der Waals surface area contributed by atoms with Crippen molar-refractivity contribution in [3.8, 4) is 0 Å². The molecule has 0 bridgehead atoms. The topological polar surface area (TPSA) is 78.4 Å². The second kappa shape index (κ2) is 4.57. The summed E-state index contributed by atoms with van der Waals surface area (Å²) < 4.78 is 37.9. The van der Waals surface area contributed by atoms with E-state index < -0.39 is 35.2 Å². The molecule has 1 saturated carbocycles. The predicted molar refractivity (Wildman–Crippen MR) is 60.6 cm³/mol. The Bertz CT molecular complexity index is 384. The van der Waals surface area contributed by atoms with Crippen LogP contribution in [0, 0.1) is 5.41 Å². The van der Waals surface area contributed by atoms with E-state index in [0.717, 1.165) is 0 Å². The first-order valence-electron chi connectivity index (χ1n) is 5.77. The Hall–Kier alpha value is -1.47. The predicted octanol–water partition coefficient (Wildman–Crippen LogP) is 1.88. The zero-order valence-electron chi connectivity index (χ0n) is 10.9. The number of nitrogens with one attached hydrogen (secondary N) is 2. The van der Waals surface area contributed by atoms with Crippen molar-refractivity contribution >= 4 is 12.0 Å². The van der Waals surface area contributed by atoms with Gasteiger partial charge in [0, 0.05) is 0 Å². The minimum atomic E-state index is -4.52. The van der Waals surface area contributed by atoms with E-state index in [1.54, 1.807) is 20.8 Å². The molecule has 5 nitrogen and oxygen atoms in total. The van der Waals surface area contributed by atoms with Crippen LogP contribution in [-0.4, -0.2) is 34.9 Å². The summed E-state index contributed by atoms with van der Waals surface area (Å²) in [4.78, 5) is 22.5. The molecule has 2 amide bonds. The first-order chi connectivity index (χ1) is 8.39. The Kier molecular flexibility index (Phi) is 3.75. The minimum Gasteiger partial charge on any atom is -0.480 e. The van der Waals surface area contributed by atoms with Gasteiger partial charge in [0.05, 0.1) is 0 Å². The maximum absolute atomic E-state index is 12.6. The fourth-order valence-corrected chi connectivity index (χ4v) is 1.64. The van der Waals surface area contributed by atoms with E-state index in [2.05, 4.69) is 5.32 Å². The SMILES string of the molecule is CC(C)(C)[C@@H](NC(=O)NC1(C(F)(F)F)CC1)C(=O)O. The molecule has 0 aromatic rings. The highest BCUT2D eigenvalue weighted by molar-refractivity contribution is 5.83. The lowest BCUT2D eigenvalue weighted by Gasteiger charge is -2.29. The molecule has 1 aliphatic carbocycles. The summed E-state index contributed by atoms with van der Waals surface area (Å²) in [5.41, 5.74) is -3.00. The van der Waals surface area contributed by atoms with Gasteiger partial charge in [-0.05, 0) is 18.3 Å². The second-order valence-electron chi connectivity index (χ2n) is 5.82. The van der Waals surface area contributed by atoms with Crippen molar-refractivity contribution in [1.29, 1.82) is 0 Å². The molecule has 8 heteroatoms. The summed E-state index contributed by atoms with van der Waals surface area (Å²) in [6, 6.07) is -2.38. The van der Waals surface area contributed by atoms with Crippen LogP contribution < -0.4 is 10.6 Å². The summed E-state index contributed by atoms with van der Waals surface area (Å²) in [5, 5.41) is 12.9. The molecule has 1 fully saturated rings. The molecule has 0 unspecified atom stereocenters. The molecule has 0 radical (unpaired) electrons. The largest absolute Gasteiger partial charge is 0.480 e. The molecular weight excluding hydrogens is 265 g/mol. The third kappa shape index (κ3) is 3.51. The van der Waals surface area contributed by atoms with Crippen molar-refractivity contribution in [3.63, 3.8) is 0 Å². The van der Waals surface area contributed by atoms with Crippen LogP contribution in [0.3, 0.4) is 0 Å². The van der Waals surface area contributed by atoms with Gasteiger partial charge in [0.25, 0.3) is 0 Å². The molecule has 0 heterocycles. The lowest BCUT2D eigenvalue weighted by atomic mass is 9.87. The molecule has 1 rings (SSSR count). The third-order valence-corrected chi connectivity index (χ3v) is 3.03. The van der Waals surface area contributed by atoms with Gasteiger partial charge in [-0.1, -0.05) is 20.8 Å². The Morgan fingerprint density at radius 3 is 1.95 bits per heavy atom. The number of hydrogen-bond acceptors (Lipinski definition) is 2. The zero-order valence-corrected chi connectivity index (χ0v) is 10.9. The van der Waals surface area contributed by atoms with E-state index in [1.807, 2.05) is 5.32 Å². The number of hydrogen-bond donors (Lipinski definition) is 3. The van der Waals surface area contributed by atoms with Crippen LogP contribution in [0.2, 0.25) is 0 Å². The summed E-state index contributed by atoms with van der Waals surface area (Å²) in [5.74, 6) is -1.29. The number of alkyl halides is 3. The number of carbonyl (C=O) groups excluding carboxylic acids is 1. The highest BCUT2D eigenvalue weighted by Gasteiger charge is 2.64. The van der Waals surface area contributed by atoms with Gasteiger partial charge in [-0.15, -0.1) is 0 Å². The third-order valence-electron chi connectivity index (χ3n) is 3.03. The summed E-state index contributed by atoms with van der Waals surface area (Å²) >= 11 is 0. The Morgan fingerprint density at radius 2 is 1.68 bits per heavy atom. The van der Waals surface area contributed by atoms with Gasteiger partial charge in [0.2, 0.25) is 0 Å². The number of rotatable bonds is 3. The number of carboxylic acids is 1. The Balaban J connectivity index is 2.68. The molecule has 1 atom stereocenters. The standard InChI is InChI=1S/C11H17F3N2O3/c1-9(2,3)6(7(17)18)15-8(19)16-10(4-5-10)11(12,13)14/h6H,4-5H2,1-3H3,(H,17,18)(H2,15,16,19)/t6-/m0/s1. The molecule has 0 saturated heterocycles. The van der Waals surface area contributed by atoms with Gasteiger partial charge in [-0.25, -0.2) is 9.59 Å². The lowest BCUT2D eigenvalue weighted by Crippen LogP contribution is -2.57. The van der Waals surface area contributed by atoms with Gasteiger partial charge in [0.1, 0.15) is 11.6 Å². The van der Waals surface area contributed by atoms with Crippen LogP contribution >= 0.6 is 0 Å². The van der Waals surface area contributed by atoms with Gasteiger partial charge >= 0.3 is 18.2 Å². The van der Waals surface area contributed by atoms with Crippen LogP contribution in [0.4, 0.5) is 18.0 Å². The highest BCUT2D eigenvalue weighted by Crippen LogP contribution is 2.48. The van der Waals surface area contributed by atoms with Crippen LogP contribution in [-0.2, 0) is 4.79 Å². The van der Waals surface area contributed by atoms with Crippen LogP contribution in [0.1, 0.15) is 33.6 Å². The van der Waals surface area contributed by atoms with Crippen LogP contribution in [0.5, 0.6) is 0 Å². The fourth-order valence-electron chi connectivity index (χ4n) is 1.64. The molecule has 0 spiro atoms. The van der Waals surface area contributed by atoms with E-state index in [9.17, 15) is 22.8 Å². The zero-order chi connectivity index (χ0) is 15.1. The maximum atomic E-state index is 12.6. The van der Waals surface area contributed by atoms with E-state index in [0.29, 0.717) is 0 Å². The van der Waals surface area contributed by atoms with E-state index in [1.165, 1.54) is 0 Å². The fraction of sp³-hybridized carbons (Fsp3) is 0.818. The first kappa shape index (κ1) is 15.6. The molecule has 3 N–H and O–H groups in total. The van der Waals surface area contributed by atoms with Crippen molar-refractivity contribution in [1.82, 2.24) is 10.6 Å². The first-order valence-corrected chi connectivity index (χ1v) is 5.77. The summed E-state index contributed by atoms with van der Waals surface area (Å²) in [6.45, 7) is 4.72. The average Bonchev–Trinajstić information content (AvgIpc) is 2.91. The van der Waals surface area contributed by atoms with Crippen molar-refractivity contribution in [2.24, 2.45) is 5.41 Å². The summed E-state index contributed by atoms with van der Waals surface area (Å²) in [6.07, 6.45) is -4.89. The molecule has 0 aliphatic heterocycles. The average molecular weight is 282 g/mol. The highest BCUT2D eigenvalue weighted by atomic mass is 19.4. The smallest absolute Gasteiger partial charge is 0.411 e.